The fourth-order valence-corrected chi connectivity index (χ4v) is 6.89. The Bertz CT molecular complexity index is 2040. The standard InChI is InChI=1S/C34H20OS/c1-2-10-21(11-3-1)33-23-13-4-6-15-25(23)34(26-16-7-5-14-24(26)33)29-20-35-30-19-32-28(18-27(29)30)22-12-8-9-17-31(22)36-32/h1-20H. The first-order valence-corrected chi connectivity index (χ1v) is 13.0. The highest BCUT2D eigenvalue weighted by Crippen LogP contribution is 2.47. The quantitative estimate of drug-likeness (QED) is 0.226. The smallest absolute Gasteiger partial charge is 0.135 e. The Morgan fingerprint density at radius 1 is 0.444 bits per heavy atom. The molecule has 0 atom stereocenters. The lowest BCUT2D eigenvalue weighted by Gasteiger charge is -2.17. The van der Waals surface area contributed by atoms with Crippen LogP contribution in [0.4, 0.5) is 0 Å². The summed E-state index contributed by atoms with van der Waals surface area (Å²) in [6.45, 7) is 0. The normalized spacial score (nSPS) is 11.9. The van der Waals surface area contributed by atoms with Crippen molar-refractivity contribution < 1.29 is 4.42 Å². The first kappa shape index (κ1) is 19.9. The average Bonchev–Trinajstić information content (AvgIpc) is 3.51. The molecule has 0 unspecified atom stereocenters. The summed E-state index contributed by atoms with van der Waals surface area (Å²) in [6, 6.07) is 41.5. The first-order chi connectivity index (χ1) is 17.9. The highest BCUT2D eigenvalue weighted by Gasteiger charge is 2.20. The molecule has 168 valence electrons. The molecule has 8 aromatic rings. The summed E-state index contributed by atoms with van der Waals surface area (Å²) in [4.78, 5) is 0. The van der Waals surface area contributed by atoms with E-state index in [9.17, 15) is 0 Å². The maximum Gasteiger partial charge on any atom is 0.135 e. The second-order valence-electron chi connectivity index (χ2n) is 9.30. The minimum Gasteiger partial charge on any atom is -0.464 e. The van der Waals surface area contributed by atoms with E-state index >= 15 is 0 Å². The van der Waals surface area contributed by atoms with E-state index in [1.807, 2.05) is 17.6 Å². The molecule has 0 fully saturated rings. The van der Waals surface area contributed by atoms with Crippen LogP contribution in [0, 0.1) is 0 Å². The number of rotatable bonds is 2. The summed E-state index contributed by atoms with van der Waals surface area (Å²) < 4.78 is 8.80. The number of hydrogen-bond acceptors (Lipinski definition) is 2. The van der Waals surface area contributed by atoms with Crippen LogP contribution in [-0.2, 0) is 0 Å². The molecule has 0 bridgehead atoms. The van der Waals surface area contributed by atoms with E-state index in [1.54, 1.807) is 0 Å². The predicted octanol–water partition coefficient (Wildman–Crippen LogP) is 10.4. The summed E-state index contributed by atoms with van der Waals surface area (Å²) in [5, 5.41) is 8.76. The molecule has 6 aromatic carbocycles. The van der Waals surface area contributed by atoms with Crippen molar-refractivity contribution in [3.63, 3.8) is 0 Å². The summed E-state index contributed by atoms with van der Waals surface area (Å²) in [7, 11) is 0. The van der Waals surface area contributed by atoms with Crippen molar-refractivity contribution in [3.8, 4) is 22.3 Å². The molecule has 36 heavy (non-hydrogen) atoms. The van der Waals surface area contributed by atoms with Gasteiger partial charge in [-0.1, -0.05) is 97.1 Å². The Morgan fingerprint density at radius 2 is 1.03 bits per heavy atom. The minimum absolute atomic E-state index is 0.935. The Kier molecular flexibility index (Phi) is 4.16. The van der Waals surface area contributed by atoms with Gasteiger partial charge in [0.1, 0.15) is 5.58 Å². The van der Waals surface area contributed by atoms with Gasteiger partial charge in [-0.25, -0.2) is 0 Å². The highest BCUT2D eigenvalue weighted by atomic mass is 32.1. The van der Waals surface area contributed by atoms with Gasteiger partial charge in [0.15, 0.2) is 0 Å². The third kappa shape index (κ3) is 2.76. The zero-order valence-electron chi connectivity index (χ0n) is 19.4. The highest BCUT2D eigenvalue weighted by molar-refractivity contribution is 7.25. The molecule has 0 radical (unpaired) electrons. The van der Waals surface area contributed by atoms with Gasteiger partial charge in [-0.05, 0) is 50.9 Å². The fraction of sp³-hybridized carbons (Fsp3) is 0. The van der Waals surface area contributed by atoms with Crippen LogP contribution < -0.4 is 0 Å². The van der Waals surface area contributed by atoms with Crippen molar-refractivity contribution in [2.75, 3.05) is 0 Å². The van der Waals surface area contributed by atoms with Crippen molar-refractivity contribution in [2.24, 2.45) is 0 Å². The number of hydrogen-bond donors (Lipinski definition) is 0. The SMILES string of the molecule is c1ccc(-c2c3ccccc3c(-c3coc4cc5sc6ccccc6c5cc34)c3ccccc23)cc1. The van der Waals surface area contributed by atoms with Crippen LogP contribution in [0.5, 0.6) is 0 Å². The average molecular weight is 477 g/mol. The molecule has 0 aliphatic carbocycles. The molecule has 0 saturated heterocycles. The van der Waals surface area contributed by atoms with Gasteiger partial charge in [0.05, 0.1) is 6.26 Å². The Labute approximate surface area is 211 Å². The molecule has 0 N–H and O–H groups in total. The largest absolute Gasteiger partial charge is 0.464 e. The molecule has 0 saturated carbocycles. The summed E-state index contributed by atoms with van der Waals surface area (Å²) in [5.74, 6) is 0. The zero-order valence-corrected chi connectivity index (χ0v) is 20.2. The second kappa shape index (κ2) is 7.55. The zero-order chi connectivity index (χ0) is 23.6. The summed E-state index contributed by atoms with van der Waals surface area (Å²) in [6.07, 6.45) is 1.95. The number of benzene rings is 6. The molecule has 0 amide bonds. The molecule has 2 heterocycles. The number of fused-ring (bicyclic) bond motifs is 6. The van der Waals surface area contributed by atoms with Crippen LogP contribution in [0.15, 0.2) is 126 Å². The van der Waals surface area contributed by atoms with E-state index in [0.717, 1.165) is 16.5 Å². The molecule has 0 spiro atoms. The molecule has 2 heteroatoms. The Hall–Kier alpha value is -4.40. The van der Waals surface area contributed by atoms with Gasteiger partial charge < -0.3 is 4.42 Å². The van der Waals surface area contributed by atoms with E-state index in [1.165, 1.54) is 58.4 Å². The van der Waals surface area contributed by atoms with Crippen molar-refractivity contribution in [1.82, 2.24) is 0 Å². The van der Waals surface area contributed by atoms with Crippen molar-refractivity contribution in [3.05, 3.63) is 122 Å². The number of furan rings is 1. The first-order valence-electron chi connectivity index (χ1n) is 12.2. The van der Waals surface area contributed by atoms with Crippen molar-refractivity contribution in [1.29, 1.82) is 0 Å². The van der Waals surface area contributed by atoms with E-state index in [4.69, 9.17) is 4.42 Å². The third-order valence-corrected chi connectivity index (χ3v) is 8.47. The fourth-order valence-electron chi connectivity index (χ4n) is 5.77. The van der Waals surface area contributed by atoms with Crippen molar-refractivity contribution in [2.45, 2.75) is 0 Å². The van der Waals surface area contributed by atoms with E-state index in [2.05, 4.69) is 115 Å². The molecule has 1 nitrogen and oxygen atoms in total. The van der Waals surface area contributed by atoms with E-state index in [0.29, 0.717) is 0 Å². The molecule has 0 aliphatic heterocycles. The van der Waals surface area contributed by atoms with Crippen LogP contribution in [0.25, 0.3) is 74.9 Å². The lowest BCUT2D eigenvalue weighted by Crippen LogP contribution is -1.90. The molecule has 8 rings (SSSR count). The van der Waals surface area contributed by atoms with Gasteiger partial charge in [0.2, 0.25) is 0 Å². The van der Waals surface area contributed by atoms with Gasteiger partial charge in [0.25, 0.3) is 0 Å². The monoisotopic (exact) mass is 476 g/mol. The molecular weight excluding hydrogens is 456 g/mol. The third-order valence-electron chi connectivity index (χ3n) is 7.34. The van der Waals surface area contributed by atoms with Gasteiger partial charge in [0, 0.05) is 36.7 Å². The Balaban J connectivity index is 1.53. The molecule has 0 aliphatic rings. The van der Waals surface area contributed by atoms with Gasteiger partial charge in [-0.3, -0.25) is 0 Å². The van der Waals surface area contributed by atoms with Gasteiger partial charge >= 0.3 is 0 Å². The van der Waals surface area contributed by atoms with Crippen LogP contribution in [-0.4, -0.2) is 0 Å². The lowest BCUT2D eigenvalue weighted by atomic mass is 9.86. The summed E-state index contributed by atoms with van der Waals surface area (Å²) in [5.41, 5.74) is 5.83. The maximum atomic E-state index is 6.23. The topological polar surface area (TPSA) is 13.1 Å². The van der Waals surface area contributed by atoms with Crippen LogP contribution in [0.2, 0.25) is 0 Å². The number of thiophene rings is 1. The van der Waals surface area contributed by atoms with E-state index < -0.39 is 0 Å². The van der Waals surface area contributed by atoms with Crippen molar-refractivity contribution >= 4 is 64.0 Å². The molecular formula is C34H20OS. The second-order valence-corrected chi connectivity index (χ2v) is 10.4. The van der Waals surface area contributed by atoms with Crippen LogP contribution in [0.1, 0.15) is 0 Å². The molecule has 2 aromatic heterocycles. The maximum absolute atomic E-state index is 6.23. The van der Waals surface area contributed by atoms with Crippen LogP contribution in [0.3, 0.4) is 0 Å². The Morgan fingerprint density at radius 3 is 1.72 bits per heavy atom. The summed E-state index contributed by atoms with van der Waals surface area (Å²) >= 11 is 1.83. The van der Waals surface area contributed by atoms with Gasteiger partial charge in [-0.2, -0.15) is 0 Å². The van der Waals surface area contributed by atoms with Gasteiger partial charge in [-0.15, -0.1) is 11.3 Å². The predicted molar refractivity (Wildman–Crippen MR) is 155 cm³/mol. The lowest BCUT2D eigenvalue weighted by molar-refractivity contribution is 0.617. The van der Waals surface area contributed by atoms with E-state index in [-0.39, 0.29) is 0 Å². The minimum atomic E-state index is 0.935. The van der Waals surface area contributed by atoms with Crippen LogP contribution >= 0.6 is 11.3 Å².